The molecule has 0 aliphatic rings. The van der Waals surface area contributed by atoms with E-state index in [1.807, 2.05) is 72.9 Å². The van der Waals surface area contributed by atoms with Crippen LogP contribution in [0.3, 0.4) is 0 Å². The fourth-order valence-electron chi connectivity index (χ4n) is 5.32. The van der Waals surface area contributed by atoms with Crippen molar-refractivity contribution in [3.63, 3.8) is 0 Å². The summed E-state index contributed by atoms with van der Waals surface area (Å²) in [6, 6.07) is 49.4. The number of hydrogen-bond donors (Lipinski definition) is 0. The van der Waals surface area contributed by atoms with Crippen LogP contribution >= 0.6 is 22.7 Å². The van der Waals surface area contributed by atoms with Crippen molar-refractivity contribution in [1.82, 2.24) is 15.0 Å². The fourth-order valence-corrected chi connectivity index (χ4v) is 7.89. The first-order valence-electron chi connectivity index (χ1n) is 16.6. The zero-order valence-electron chi connectivity index (χ0n) is 29.0. The molecule has 0 N–H and O–H groups in total. The molecule has 0 saturated carbocycles. The van der Waals surface area contributed by atoms with Crippen molar-refractivity contribution in [2.24, 2.45) is 0 Å². The third-order valence-electron chi connectivity index (χ3n) is 7.70. The van der Waals surface area contributed by atoms with Crippen molar-refractivity contribution < 1.29 is 4.43 Å². The summed E-state index contributed by atoms with van der Waals surface area (Å²) in [7, 11) is -0.825. The van der Waals surface area contributed by atoms with Crippen LogP contribution in [-0.2, 0) is 5.41 Å². The maximum absolute atomic E-state index is 6.22. The van der Waals surface area contributed by atoms with Gasteiger partial charge in [0.25, 0.3) is 9.04 Å². The molecule has 0 unspecified atom stereocenters. The minimum absolute atomic E-state index is 0.0530. The molecule has 8 aromatic rings. The molecule has 0 spiro atoms. The van der Waals surface area contributed by atoms with Crippen molar-refractivity contribution >= 4 is 52.1 Å². The van der Waals surface area contributed by atoms with Crippen molar-refractivity contribution in [3.8, 4) is 38.1 Å². The van der Waals surface area contributed by atoms with E-state index in [0.717, 1.165) is 38.1 Å². The number of hydrogen-bond acceptors (Lipinski definition) is 6. The summed E-state index contributed by atoms with van der Waals surface area (Å²) < 4.78 is 8.71. The summed E-state index contributed by atoms with van der Waals surface area (Å²) in [5.41, 5.74) is 7.91. The predicted octanol–water partition coefficient (Wildman–Crippen LogP) is 12.6. The number of thiazole rings is 2. The molecule has 0 saturated heterocycles. The van der Waals surface area contributed by atoms with Crippen molar-refractivity contribution in [2.45, 2.75) is 39.3 Å². The van der Waals surface area contributed by atoms with Gasteiger partial charge in [-0.05, 0) is 66.5 Å². The lowest BCUT2D eigenvalue weighted by molar-refractivity contribution is 0.522. The molecule has 0 atom stereocenters. The SMILES string of the molecule is C[Si](C)Oc1c(-c2ccccn2)cccc1C(C)(C)C.c1ccc(-c2nc3ccccc3s2)cc1.c1ccc(-c2nc3ccccc3s2)cc1. The standard InChI is InChI=1S/C17H22NOSi.2C13H9NS/c1-17(2,3)14-10-8-9-13(16(14)19-20(4)5)15-11-6-7-12-18-15;2*1-2-6-10(7-3-1)13-14-11-8-4-5-9-12(11)15-13/h6-12H,1-5H3;2*1-9H. The minimum atomic E-state index is -0.825. The number of aromatic nitrogens is 3. The van der Waals surface area contributed by atoms with Crippen LogP contribution in [0.5, 0.6) is 5.75 Å². The van der Waals surface area contributed by atoms with Gasteiger partial charge in [0, 0.05) is 22.9 Å². The monoisotopic (exact) mass is 706 g/mol. The average Bonchev–Trinajstić information content (AvgIpc) is 3.78. The van der Waals surface area contributed by atoms with Crippen molar-refractivity contribution in [3.05, 3.63) is 157 Å². The first kappa shape index (κ1) is 34.9. The lowest BCUT2D eigenvalue weighted by Gasteiger charge is -2.26. The van der Waals surface area contributed by atoms with Gasteiger partial charge in [-0.15, -0.1) is 22.7 Å². The Morgan fingerprint density at radius 1 is 0.540 bits per heavy atom. The van der Waals surface area contributed by atoms with Gasteiger partial charge in [-0.2, -0.15) is 0 Å². The first-order chi connectivity index (χ1) is 24.3. The van der Waals surface area contributed by atoms with E-state index in [-0.39, 0.29) is 5.41 Å². The molecule has 0 bridgehead atoms. The number of nitrogens with zero attached hydrogens (tertiary/aromatic N) is 3. The van der Waals surface area contributed by atoms with Gasteiger partial charge in [-0.1, -0.05) is 124 Å². The van der Waals surface area contributed by atoms with Crippen LogP contribution in [0.25, 0.3) is 52.8 Å². The molecule has 0 aliphatic carbocycles. The van der Waals surface area contributed by atoms with Gasteiger partial charge in [0.15, 0.2) is 0 Å². The molecule has 249 valence electrons. The normalized spacial score (nSPS) is 11.1. The number of para-hydroxylation sites is 3. The van der Waals surface area contributed by atoms with Gasteiger partial charge >= 0.3 is 0 Å². The van der Waals surface area contributed by atoms with E-state index in [0.29, 0.717) is 0 Å². The molecule has 7 heteroatoms. The smallest absolute Gasteiger partial charge is 0.274 e. The summed E-state index contributed by atoms with van der Waals surface area (Å²) in [5, 5.41) is 2.19. The van der Waals surface area contributed by atoms with Crippen LogP contribution in [0.15, 0.2) is 152 Å². The zero-order valence-corrected chi connectivity index (χ0v) is 31.6. The second-order valence-corrected chi connectivity index (χ2v) is 16.9. The van der Waals surface area contributed by atoms with Crippen LogP contribution in [0.1, 0.15) is 26.3 Å². The van der Waals surface area contributed by atoms with Gasteiger partial charge < -0.3 is 4.43 Å². The third-order valence-corrected chi connectivity index (χ3v) is 10.5. The van der Waals surface area contributed by atoms with Gasteiger partial charge in [0.05, 0.1) is 26.1 Å². The topological polar surface area (TPSA) is 47.9 Å². The van der Waals surface area contributed by atoms with Gasteiger partial charge in [0.1, 0.15) is 15.8 Å². The zero-order chi connectivity index (χ0) is 34.9. The lowest BCUT2D eigenvalue weighted by atomic mass is 9.85. The number of rotatable bonds is 5. The van der Waals surface area contributed by atoms with E-state index < -0.39 is 9.04 Å². The highest BCUT2D eigenvalue weighted by atomic mass is 32.1. The molecule has 3 aromatic heterocycles. The van der Waals surface area contributed by atoms with Gasteiger partial charge in [0.2, 0.25) is 0 Å². The maximum Gasteiger partial charge on any atom is 0.274 e. The minimum Gasteiger partial charge on any atom is -0.542 e. The largest absolute Gasteiger partial charge is 0.542 e. The van der Waals surface area contributed by atoms with Crippen molar-refractivity contribution in [1.29, 1.82) is 0 Å². The Bertz CT molecular complexity index is 2090. The highest BCUT2D eigenvalue weighted by Gasteiger charge is 2.23. The number of pyridine rings is 1. The Balaban J connectivity index is 0.000000131. The molecular weight excluding hydrogens is 667 g/mol. The van der Waals surface area contributed by atoms with Crippen LogP contribution in [-0.4, -0.2) is 24.0 Å². The van der Waals surface area contributed by atoms with E-state index >= 15 is 0 Å². The average molecular weight is 707 g/mol. The third kappa shape index (κ3) is 8.79. The van der Waals surface area contributed by atoms with E-state index in [1.54, 1.807) is 22.7 Å². The molecule has 0 fully saturated rings. The summed E-state index contributed by atoms with van der Waals surface area (Å²) >= 11 is 3.48. The predicted molar refractivity (Wildman–Crippen MR) is 217 cm³/mol. The molecule has 0 amide bonds. The highest BCUT2D eigenvalue weighted by Crippen LogP contribution is 2.39. The molecular formula is C43H40N3OS2Si. The van der Waals surface area contributed by atoms with Crippen molar-refractivity contribution in [2.75, 3.05) is 0 Å². The van der Waals surface area contributed by atoms with E-state index in [2.05, 4.69) is 128 Å². The lowest BCUT2D eigenvalue weighted by Crippen LogP contribution is -2.19. The first-order valence-corrected chi connectivity index (χ1v) is 20.7. The molecule has 3 heterocycles. The van der Waals surface area contributed by atoms with Crippen LogP contribution in [0.4, 0.5) is 0 Å². The van der Waals surface area contributed by atoms with Crippen LogP contribution < -0.4 is 4.43 Å². The Labute approximate surface area is 304 Å². The Morgan fingerprint density at radius 3 is 1.50 bits per heavy atom. The van der Waals surface area contributed by atoms with Crippen LogP contribution in [0, 0.1) is 0 Å². The number of benzene rings is 5. The Hall–Kier alpha value is -4.95. The molecule has 0 aliphatic heterocycles. The van der Waals surface area contributed by atoms with Gasteiger partial charge in [-0.3, -0.25) is 4.98 Å². The summed E-state index contributed by atoms with van der Waals surface area (Å²) in [5.74, 6) is 0.998. The molecule has 4 nitrogen and oxygen atoms in total. The summed E-state index contributed by atoms with van der Waals surface area (Å²) in [6.07, 6.45) is 1.83. The van der Waals surface area contributed by atoms with Gasteiger partial charge in [-0.25, -0.2) is 9.97 Å². The van der Waals surface area contributed by atoms with E-state index in [9.17, 15) is 0 Å². The molecule has 8 rings (SSSR count). The second kappa shape index (κ2) is 16.2. The Kier molecular flexibility index (Phi) is 11.3. The summed E-state index contributed by atoms with van der Waals surface area (Å²) in [6.45, 7) is 11.0. The number of fused-ring (bicyclic) bond motifs is 2. The fraction of sp³-hybridized carbons (Fsp3) is 0.140. The second-order valence-electron chi connectivity index (χ2n) is 12.9. The molecule has 5 aromatic carbocycles. The quantitative estimate of drug-likeness (QED) is 0.167. The van der Waals surface area contributed by atoms with E-state index in [4.69, 9.17) is 4.43 Å². The Morgan fingerprint density at radius 2 is 1.04 bits per heavy atom. The van der Waals surface area contributed by atoms with Crippen LogP contribution in [0.2, 0.25) is 13.1 Å². The van der Waals surface area contributed by atoms with E-state index in [1.165, 1.54) is 26.1 Å². The highest BCUT2D eigenvalue weighted by molar-refractivity contribution is 7.22. The molecule has 50 heavy (non-hydrogen) atoms. The maximum atomic E-state index is 6.22. The molecule has 1 radical (unpaired) electrons. The summed E-state index contributed by atoms with van der Waals surface area (Å²) in [4.78, 5) is 13.7.